The van der Waals surface area contributed by atoms with E-state index in [2.05, 4.69) is 37.9 Å². The minimum atomic E-state index is 0.191. The molecule has 1 aromatic carbocycles. The molecule has 0 bridgehead atoms. The highest BCUT2D eigenvalue weighted by atomic mass is 16.5. The molecule has 1 N–H and O–H groups in total. The van der Waals surface area contributed by atoms with Gasteiger partial charge in [-0.25, -0.2) is 0 Å². The van der Waals surface area contributed by atoms with E-state index in [9.17, 15) is 0 Å². The molecule has 1 aromatic rings. The molecule has 1 aliphatic heterocycles. The van der Waals surface area contributed by atoms with Crippen molar-refractivity contribution in [3.8, 4) is 5.75 Å². The summed E-state index contributed by atoms with van der Waals surface area (Å²) >= 11 is 0. The zero-order chi connectivity index (χ0) is 12.3. The second kappa shape index (κ2) is 5.37. The predicted molar refractivity (Wildman–Crippen MR) is 71.5 cm³/mol. The van der Waals surface area contributed by atoms with Crippen LogP contribution in [0.3, 0.4) is 0 Å². The third-order valence-corrected chi connectivity index (χ3v) is 3.19. The van der Waals surface area contributed by atoms with Crippen LogP contribution < -0.4 is 10.1 Å². The monoisotopic (exact) mass is 231 g/mol. The maximum absolute atomic E-state index is 6.00. The highest BCUT2D eigenvalue weighted by Crippen LogP contribution is 2.30. The second-order valence-corrected chi connectivity index (χ2v) is 4.75. The van der Waals surface area contributed by atoms with Crippen molar-refractivity contribution in [2.24, 2.45) is 0 Å². The fourth-order valence-electron chi connectivity index (χ4n) is 2.32. The van der Waals surface area contributed by atoms with E-state index in [-0.39, 0.29) is 12.1 Å². The van der Waals surface area contributed by atoms with Gasteiger partial charge in [0.1, 0.15) is 11.9 Å². The summed E-state index contributed by atoms with van der Waals surface area (Å²) in [5.74, 6) is 1.03. The molecule has 0 aromatic heterocycles. The van der Waals surface area contributed by atoms with E-state index in [1.54, 1.807) is 0 Å². The van der Waals surface area contributed by atoms with E-state index < -0.39 is 0 Å². The Labute approximate surface area is 104 Å². The lowest BCUT2D eigenvalue weighted by molar-refractivity contribution is 0.194. The first kappa shape index (κ1) is 12.2. The number of hydrogen-bond acceptors (Lipinski definition) is 2. The fourth-order valence-corrected chi connectivity index (χ4v) is 2.32. The highest BCUT2D eigenvalue weighted by molar-refractivity contribution is 5.38. The predicted octanol–water partition coefficient (Wildman–Crippen LogP) is 2.93. The molecule has 2 atom stereocenters. The van der Waals surface area contributed by atoms with Gasteiger partial charge in [0.15, 0.2) is 0 Å². The average molecular weight is 231 g/mol. The van der Waals surface area contributed by atoms with Crippen LogP contribution in [0.1, 0.15) is 25.8 Å². The van der Waals surface area contributed by atoms with Crippen molar-refractivity contribution in [3.63, 3.8) is 0 Å². The molecule has 1 aliphatic rings. The lowest BCUT2D eigenvalue weighted by Gasteiger charge is -2.24. The maximum atomic E-state index is 6.00. The normalized spacial score (nSPS) is 19.5. The number of benzene rings is 1. The Bertz CT molecular complexity index is 375. The van der Waals surface area contributed by atoms with Gasteiger partial charge >= 0.3 is 0 Å². The molecule has 2 nitrogen and oxygen atoms in total. The summed E-state index contributed by atoms with van der Waals surface area (Å²) in [6.07, 6.45) is 2.30. The van der Waals surface area contributed by atoms with E-state index >= 15 is 0 Å². The van der Waals surface area contributed by atoms with E-state index in [1.807, 2.05) is 12.1 Å². The minimum Gasteiger partial charge on any atom is -0.488 e. The lowest BCUT2D eigenvalue weighted by Crippen LogP contribution is -2.43. The van der Waals surface area contributed by atoms with Gasteiger partial charge in [-0.3, -0.25) is 0 Å². The molecule has 92 valence electrons. The molecule has 17 heavy (non-hydrogen) atoms. The molecule has 1 heterocycles. The maximum Gasteiger partial charge on any atom is 0.123 e. The molecule has 0 radical (unpaired) electrons. The van der Waals surface area contributed by atoms with Crippen LogP contribution in [0.15, 0.2) is 36.4 Å². The highest BCUT2D eigenvalue weighted by Gasteiger charge is 2.29. The first-order chi connectivity index (χ1) is 8.22. The third-order valence-electron chi connectivity index (χ3n) is 3.19. The number of hydrogen-bond donors (Lipinski definition) is 1. The van der Waals surface area contributed by atoms with Crippen molar-refractivity contribution >= 4 is 0 Å². The van der Waals surface area contributed by atoms with Crippen LogP contribution >= 0.6 is 0 Å². The van der Waals surface area contributed by atoms with Crippen molar-refractivity contribution in [2.75, 3.05) is 6.54 Å². The van der Waals surface area contributed by atoms with Gasteiger partial charge in [0.05, 0.1) is 6.04 Å². The molecule has 0 spiro atoms. The quantitative estimate of drug-likeness (QED) is 0.787. The van der Waals surface area contributed by atoms with Gasteiger partial charge in [-0.2, -0.15) is 0 Å². The first-order valence-corrected chi connectivity index (χ1v) is 6.35. The molecule has 0 saturated heterocycles. The summed E-state index contributed by atoms with van der Waals surface area (Å²) in [6, 6.07) is 8.54. The summed E-state index contributed by atoms with van der Waals surface area (Å²) in [6.45, 7) is 9.32. The Morgan fingerprint density at radius 2 is 2.29 bits per heavy atom. The van der Waals surface area contributed by atoms with Gasteiger partial charge in [-0.15, -0.1) is 0 Å². The summed E-state index contributed by atoms with van der Waals surface area (Å²) in [4.78, 5) is 0. The molecular formula is C15H21NO. The van der Waals surface area contributed by atoms with Crippen LogP contribution in [0.5, 0.6) is 5.75 Å². The topological polar surface area (TPSA) is 21.3 Å². The zero-order valence-electron chi connectivity index (χ0n) is 10.7. The van der Waals surface area contributed by atoms with Crippen molar-refractivity contribution in [1.29, 1.82) is 0 Å². The number of nitrogens with one attached hydrogen (secondary N) is 1. The minimum absolute atomic E-state index is 0.191. The van der Waals surface area contributed by atoms with Gasteiger partial charge in [0.25, 0.3) is 0 Å². The number of ether oxygens (including phenoxy) is 1. The molecule has 2 heteroatoms. The summed E-state index contributed by atoms with van der Waals surface area (Å²) < 4.78 is 6.00. The van der Waals surface area contributed by atoms with Crippen molar-refractivity contribution < 1.29 is 4.74 Å². The van der Waals surface area contributed by atoms with E-state index in [0.29, 0.717) is 0 Å². The molecular weight excluding hydrogens is 210 g/mol. The van der Waals surface area contributed by atoms with Gasteiger partial charge in [-0.05, 0) is 31.5 Å². The van der Waals surface area contributed by atoms with Crippen molar-refractivity contribution in [1.82, 2.24) is 5.32 Å². The second-order valence-electron chi connectivity index (χ2n) is 4.75. The van der Waals surface area contributed by atoms with E-state index in [0.717, 1.165) is 30.7 Å². The molecule has 0 fully saturated rings. The summed E-state index contributed by atoms with van der Waals surface area (Å²) in [7, 11) is 0. The largest absolute Gasteiger partial charge is 0.488 e. The lowest BCUT2D eigenvalue weighted by atomic mass is 9.99. The molecule has 0 amide bonds. The molecule has 0 aliphatic carbocycles. The molecule has 2 unspecified atom stereocenters. The van der Waals surface area contributed by atoms with Crippen molar-refractivity contribution in [2.45, 2.75) is 38.8 Å². The SMILES string of the molecule is C=C(C)C(NCCC)C1Cc2ccccc2O1. The Balaban J connectivity index is 2.06. The third kappa shape index (κ3) is 2.70. The van der Waals surface area contributed by atoms with Gasteiger partial charge in [0.2, 0.25) is 0 Å². The van der Waals surface area contributed by atoms with E-state index in [4.69, 9.17) is 4.74 Å². The number of rotatable bonds is 5. The van der Waals surface area contributed by atoms with Crippen LogP contribution in [0, 0.1) is 0 Å². The summed E-state index contributed by atoms with van der Waals surface area (Å²) in [5.41, 5.74) is 2.46. The van der Waals surface area contributed by atoms with Gasteiger partial charge in [0, 0.05) is 6.42 Å². The molecule has 2 rings (SSSR count). The fraction of sp³-hybridized carbons (Fsp3) is 0.467. The van der Waals surface area contributed by atoms with Gasteiger partial charge < -0.3 is 10.1 Å². The Morgan fingerprint density at radius 1 is 1.53 bits per heavy atom. The zero-order valence-corrected chi connectivity index (χ0v) is 10.7. The van der Waals surface area contributed by atoms with Crippen LogP contribution in [-0.4, -0.2) is 18.7 Å². The number of fused-ring (bicyclic) bond motifs is 1. The standard InChI is InChI=1S/C15H21NO/c1-4-9-16-15(11(2)3)14-10-12-7-5-6-8-13(12)17-14/h5-8,14-16H,2,4,9-10H2,1,3H3. The first-order valence-electron chi connectivity index (χ1n) is 6.35. The van der Waals surface area contributed by atoms with E-state index in [1.165, 1.54) is 5.56 Å². The number of para-hydroxylation sites is 1. The Morgan fingerprint density at radius 3 is 2.94 bits per heavy atom. The van der Waals surface area contributed by atoms with Crippen molar-refractivity contribution in [3.05, 3.63) is 42.0 Å². The average Bonchev–Trinajstić information content (AvgIpc) is 2.72. The van der Waals surface area contributed by atoms with Gasteiger partial charge in [-0.1, -0.05) is 37.3 Å². The van der Waals surface area contributed by atoms with Crippen LogP contribution in [0.4, 0.5) is 0 Å². The van der Waals surface area contributed by atoms with Crippen LogP contribution in [0.2, 0.25) is 0 Å². The smallest absolute Gasteiger partial charge is 0.123 e. The van der Waals surface area contributed by atoms with Crippen LogP contribution in [-0.2, 0) is 6.42 Å². The summed E-state index contributed by atoms with van der Waals surface area (Å²) in [5, 5.41) is 3.52. The van der Waals surface area contributed by atoms with Crippen LogP contribution in [0.25, 0.3) is 0 Å². The molecule has 0 saturated carbocycles. The Kier molecular flexibility index (Phi) is 3.85. The Hall–Kier alpha value is -1.28.